The first-order valence-corrected chi connectivity index (χ1v) is 6.77. The summed E-state index contributed by atoms with van der Waals surface area (Å²) < 4.78 is 10.2. The number of hydrogen-bond donors (Lipinski definition) is 0. The second-order valence-electron chi connectivity index (χ2n) is 4.41. The van der Waals surface area contributed by atoms with Gasteiger partial charge in [-0.15, -0.1) is 0 Å². The molecular weight excluding hydrogens is 252 g/mol. The topological polar surface area (TPSA) is 51.7 Å². The Labute approximate surface area is 111 Å². The molecule has 0 amide bonds. The second kappa shape index (κ2) is 6.26. The van der Waals surface area contributed by atoms with E-state index in [2.05, 4.69) is 9.88 Å². The fourth-order valence-electron chi connectivity index (χ4n) is 2.20. The largest absolute Gasteiger partial charge is 0.384 e. The number of thiazole rings is 1. The molecule has 1 atom stereocenters. The van der Waals surface area contributed by atoms with Crippen molar-refractivity contribution < 1.29 is 14.3 Å². The van der Waals surface area contributed by atoms with Gasteiger partial charge in [-0.05, 0) is 6.42 Å². The first-order chi connectivity index (χ1) is 8.78. The van der Waals surface area contributed by atoms with Crippen LogP contribution in [-0.4, -0.2) is 45.2 Å². The number of anilines is 1. The molecule has 1 unspecified atom stereocenters. The van der Waals surface area contributed by atoms with Crippen LogP contribution in [0.5, 0.6) is 0 Å². The fraction of sp³-hybridized carbons (Fsp3) is 0.667. The third-order valence-electron chi connectivity index (χ3n) is 3.06. The summed E-state index contributed by atoms with van der Waals surface area (Å²) in [4.78, 5) is 18.4. The molecule has 0 aromatic carbocycles. The number of carbonyl (C=O) groups is 1. The lowest BCUT2D eigenvalue weighted by atomic mass is 10.1. The van der Waals surface area contributed by atoms with Crippen LogP contribution in [0, 0.1) is 5.92 Å². The van der Waals surface area contributed by atoms with Crippen molar-refractivity contribution in [1.29, 1.82) is 0 Å². The minimum atomic E-state index is 0.389. The monoisotopic (exact) mass is 270 g/mol. The minimum Gasteiger partial charge on any atom is -0.384 e. The number of carbonyl (C=O) groups excluding carboxylic acids is 1. The van der Waals surface area contributed by atoms with Gasteiger partial charge in [-0.25, -0.2) is 4.98 Å². The van der Waals surface area contributed by atoms with Crippen LogP contribution in [0.15, 0.2) is 0 Å². The highest BCUT2D eigenvalue weighted by molar-refractivity contribution is 7.17. The number of ether oxygens (including phenoxy) is 2. The third kappa shape index (κ3) is 2.88. The summed E-state index contributed by atoms with van der Waals surface area (Å²) in [5.74, 6) is 0.560. The maximum atomic E-state index is 11.0. The van der Waals surface area contributed by atoms with Gasteiger partial charge >= 0.3 is 0 Å². The summed E-state index contributed by atoms with van der Waals surface area (Å²) in [7, 11) is 3.34. The molecule has 1 aliphatic rings. The molecule has 1 aromatic heterocycles. The Morgan fingerprint density at radius 1 is 1.50 bits per heavy atom. The van der Waals surface area contributed by atoms with Gasteiger partial charge < -0.3 is 14.4 Å². The van der Waals surface area contributed by atoms with E-state index in [1.54, 1.807) is 14.2 Å². The van der Waals surface area contributed by atoms with Gasteiger partial charge in [0.1, 0.15) is 0 Å². The van der Waals surface area contributed by atoms with Crippen molar-refractivity contribution in [3.05, 3.63) is 10.6 Å². The Bertz CT molecular complexity index is 408. The molecule has 100 valence electrons. The summed E-state index contributed by atoms with van der Waals surface area (Å²) in [5, 5.41) is 0.919. The summed E-state index contributed by atoms with van der Waals surface area (Å²) in [6, 6.07) is 0. The molecule has 0 bridgehead atoms. The first kappa shape index (κ1) is 13.5. The molecular formula is C12H18N2O3S. The van der Waals surface area contributed by atoms with Crippen LogP contribution in [0.2, 0.25) is 0 Å². The van der Waals surface area contributed by atoms with Gasteiger partial charge in [-0.3, -0.25) is 4.79 Å². The number of hydrogen-bond acceptors (Lipinski definition) is 6. The van der Waals surface area contributed by atoms with Gasteiger partial charge in [0.15, 0.2) is 11.4 Å². The highest BCUT2D eigenvalue weighted by Crippen LogP contribution is 2.30. The smallest absolute Gasteiger partial charge is 0.186 e. The van der Waals surface area contributed by atoms with E-state index < -0.39 is 0 Å². The molecule has 1 aliphatic heterocycles. The molecule has 18 heavy (non-hydrogen) atoms. The molecule has 1 fully saturated rings. The Morgan fingerprint density at radius 2 is 2.33 bits per heavy atom. The van der Waals surface area contributed by atoms with E-state index in [9.17, 15) is 4.79 Å². The van der Waals surface area contributed by atoms with E-state index in [1.165, 1.54) is 11.3 Å². The van der Waals surface area contributed by atoms with Crippen LogP contribution in [0.4, 0.5) is 5.13 Å². The second-order valence-corrected chi connectivity index (χ2v) is 5.42. The van der Waals surface area contributed by atoms with Gasteiger partial charge in [0.05, 0.1) is 23.8 Å². The third-order valence-corrected chi connectivity index (χ3v) is 4.15. The van der Waals surface area contributed by atoms with Gasteiger partial charge in [0, 0.05) is 33.2 Å². The summed E-state index contributed by atoms with van der Waals surface area (Å²) >= 11 is 1.44. The summed E-state index contributed by atoms with van der Waals surface area (Å²) in [6.45, 7) is 3.10. The van der Waals surface area contributed by atoms with Gasteiger partial charge in [-0.2, -0.15) is 0 Å². The molecule has 1 saturated heterocycles. The number of rotatable bonds is 6. The van der Waals surface area contributed by atoms with Crippen molar-refractivity contribution in [2.24, 2.45) is 5.92 Å². The van der Waals surface area contributed by atoms with Crippen LogP contribution in [0.1, 0.15) is 21.8 Å². The fourth-order valence-corrected chi connectivity index (χ4v) is 3.11. The van der Waals surface area contributed by atoms with Crippen molar-refractivity contribution in [3.8, 4) is 0 Å². The van der Waals surface area contributed by atoms with Crippen molar-refractivity contribution in [2.75, 3.05) is 38.8 Å². The zero-order chi connectivity index (χ0) is 13.0. The van der Waals surface area contributed by atoms with E-state index in [0.29, 0.717) is 17.4 Å². The molecule has 1 aromatic rings. The summed E-state index contributed by atoms with van der Waals surface area (Å²) in [5.41, 5.74) is 0.739. The van der Waals surface area contributed by atoms with Crippen molar-refractivity contribution >= 4 is 22.8 Å². The van der Waals surface area contributed by atoms with Crippen LogP contribution in [0.25, 0.3) is 0 Å². The maximum absolute atomic E-state index is 11.0. The first-order valence-electron chi connectivity index (χ1n) is 5.96. The van der Waals surface area contributed by atoms with Crippen LogP contribution >= 0.6 is 11.3 Å². The van der Waals surface area contributed by atoms with E-state index in [-0.39, 0.29) is 0 Å². The molecule has 0 radical (unpaired) electrons. The molecule has 0 saturated carbocycles. The average Bonchev–Trinajstić information content (AvgIpc) is 2.96. The molecule has 5 nitrogen and oxygen atoms in total. The Balaban J connectivity index is 2.07. The molecule has 2 rings (SSSR count). The number of aromatic nitrogens is 1. The normalized spacial score (nSPS) is 19.4. The average molecular weight is 270 g/mol. The predicted molar refractivity (Wildman–Crippen MR) is 70.4 cm³/mol. The van der Waals surface area contributed by atoms with Crippen LogP contribution < -0.4 is 4.90 Å². The maximum Gasteiger partial charge on any atom is 0.186 e. The van der Waals surface area contributed by atoms with Crippen LogP contribution in [-0.2, 0) is 16.1 Å². The Kier molecular flexibility index (Phi) is 4.68. The quantitative estimate of drug-likeness (QED) is 0.735. The molecule has 0 N–H and O–H groups in total. The number of aldehydes is 1. The van der Waals surface area contributed by atoms with Gasteiger partial charge in [0.2, 0.25) is 0 Å². The zero-order valence-electron chi connectivity index (χ0n) is 10.7. The van der Waals surface area contributed by atoms with Crippen LogP contribution in [0.3, 0.4) is 0 Å². The Morgan fingerprint density at radius 3 is 3.00 bits per heavy atom. The van der Waals surface area contributed by atoms with Gasteiger partial charge in [0.25, 0.3) is 0 Å². The molecule has 6 heteroatoms. The lowest BCUT2D eigenvalue weighted by Crippen LogP contribution is -2.20. The standard InChI is InChI=1S/C12H18N2O3S/c1-16-7-9-3-4-14(5-9)12-13-10(8-17-2)11(6-15)18-12/h6,9H,3-5,7-8H2,1-2H3. The van der Waals surface area contributed by atoms with Crippen molar-refractivity contribution in [3.63, 3.8) is 0 Å². The lowest BCUT2D eigenvalue weighted by molar-refractivity contribution is 0.112. The SMILES string of the molecule is COCc1nc(N2CCC(COC)C2)sc1C=O. The van der Waals surface area contributed by atoms with E-state index in [1.807, 2.05) is 0 Å². The minimum absolute atomic E-state index is 0.389. The highest BCUT2D eigenvalue weighted by Gasteiger charge is 2.25. The van der Waals surface area contributed by atoms with E-state index in [0.717, 1.165) is 43.2 Å². The van der Waals surface area contributed by atoms with Crippen molar-refractivity contribution in [1.82, 2.24) is 4.98 Å². The highest BCUT2D eigenvalue weighted by atomic mass is 32.1. The lowest BCUT2D eigenvalue weighted by Gasteiger charge is -2.14. The van der Waals surface area contributed by atoms with E-state index in [4.69, 9.17) is 9.47 Å². The Hall–Kier alpha value is -0.980. The van der Waals surface area contributed by atoms with Gasteiger partial charge in [-0.1, -0.05) is 11.3 Å². The zero-order valence-corrected chi connectivity index (χ0v) is 11.5. The van der Waals surface area contributed by atoms with Crippen molar-refractivity contribution in [2.45, 2.75) is 13.0 Å². The molecule has 0 aliphatic carbocycles. The molecule has 0 spiro atoms. The predicted octanol–water partition coefficient (Wildman–Crippen LogP) is 1.57. The molecule has 2 heterocycles. The number of methoxy groups -OCH3 is 2. The number of nitrogens with zero attached hydrogens (tertiary/aromatic N) is 2. The summed E-state index contributed by atoms with van der Waals surface area (Å²) in [6.07, 6.45) is 1.97. The van der Waals surface area contributed by atoms with E-state index >= 15 is 0 Å².